The molecule has 0 saturated heterocycles. The Kier molecular flexibility index (Phi) is 6.16. The van der Waals surface area contributed by atoms with Gasteiger partial charge in [-0.05, 0) is 6.92 Å². The molecule has 2 rings (SSSR count). The molecule has 23 heavy (non-hydrogen) atoms. The molecule has 0 heterocycles. The van der Waals surface area contributed by atoms with Crippen molar-refractivity contribution in [1.82, 2.24) is 0 Å². The quantitative estimate of drug-likeness (QED) is 0.641. The molecular formula is C20H23F2Ti. The molecule has 0 aromatic heterocycles. The summed E-state index contributed by atoms with van der Waals surface area (Å²) in [5.74, 6) is -0.861. The monoisotopic (exact) mass is 349 g/mol. The standard InChI is InChI=1S/C20H23F2.Ti/c1-15-6-8-16(9-7-15)5-4-12-20(2,3)14-17-10-11-18(21)13-19(17)22;/h6-11H,4-5,12,14H2,1-3H3;. The first-order valence-corrected chi connectivity index (χ1v) is 8.81. The van der Waals surface area contributed by atoms with E-state index in [4.69, 9.17) is 0 Å². The summed E-state index contributed by atoms with van der Waals surface area (Å²) >= 11 is 1.50. The Morgan fingerprint density at radius 1 is 1.00 bits per heavy atom. The molecular weight excluding hydrogens is 326 g/mol. The first-order chi connectivity index (χ1) is 10.8. The number of hydrogen-bond acceptors (Lipinski definition) is 0. The zero-order valence-electron chi connectivity index (χ0n) is 14.0. The molecule has 121 valence electrons. The normalized spacial score (nSPS) is 11.7. The van der Waals surface area contributed by atoms with Gasteiger partial charge in [-0.2, -0.15) is 0 Å². The molecule has 0 spiro atoms. The average Bonchev–Trinajstić information content (AvgIpc) is 2.50. The molecule has 0 bridgehead atoms. The Labute approximate surface area is 149 Å². The Bertz CT molecular complexity index is 660. The second-order valence-corrected chi connectivity index (χ2v) is 7.86. The van der Waals surface area contributed by atoms with E-state index in [9.17, 15) is 8.78 Å². The molecule has 0 radical (unpaired) electrons. The van der Waals surface area contributed by atoms with Crippen molar-refractivity contribution in [3.05, 3.63) is 64.7 Å². The van der Waals surface area contributed by atoms with Crippen molar-refractivity contribution in [2.45, 2.75) is 46.5 Å². The summed E-state index contributed by atoms with van der Waals surface area (Å²) in [5.41, 5.74) is 3.23. The van der Waals surface area contributed by atoms with E-state index in [-0.39, 0.29) is 9.28 Å². The molecule has 0 amide bonds. The van der Waals surface area contributed by atoms with Gasteiger partial charge in [-0.1, -0.05) is 0 Å². The van der Waals surface area contributed by atoms with Gasteiger partial charge in [0.25, 0.3) is 0 Å². The molecule has 0 nitrogen and oxygen atoms in total. The van der Waals surface area contributed by atoms with Crippen LogP contribution in [0.4, 0.5) is 8.78 Å². The van der Waals surface area contributed by atoms with Crippen LogP contribution < -0.4 is 3.87 Å². The van der Waals surface area contributed by atoms with Gasteiger partial charge >= 0.3 is 143 Å². The van der Waals surface area contributed by atoms with Crippen LogP contribution in [0.3, 0.4) is 0 Å². The van der Waals surface area contributed by atoms with Crippen molar-refractivity contribution in [1.29, 1.82) is 0 Å². The molecule has 0 N–H and O–H groups in total. The number of aryl methyl sites for hydroxylation is 2. The van der Waals surface area contributed by atoms with Gasteiger partial charge in [0.2, 0.25) is 0 Å². The van der Waals surface area contributed by atoms with Crippen LogP contribution in [0, 0.1) is 24.0 Å². The number of benzene rings is 2. The Morgan fingerprint density at radius 2 is 1.65 bits per heavy atom. The van der Waals surface area contributed by atoms with Crippen molar-refractivity contribution in [3.8, 4) is 0 Å². The Hall–Kier alpha value is -0.986. The number of rotatable bonds is 6. The van der Waals surface area contributed by atoms with Crippen LogP contribution in [0.5, 0.6) is 0 Å². The van der Waals surface area contributed by atoms with Gasteiger partial charge in [-0.15, -0.1) is 0 Å². The van der Waals surface area contributed by atoms with Gasteiger partial charge in [-0.25, -0.2) is 0 Å². The second kappa shape index (κ2) is 7.72. The molecule has 0 atom stereocenters. The molecule has 3 heteroatoms. The maximum atomic E-state index is 14.2. The fraction of sp³-hybridized carbons (Fsp3) is 0.400. The zero-order valence-corrected chi connectivity index (χ0v) is 15.6. The SMILES string of the molecule is Cc1ccc(CCCC(C)(C)Cc2ccc(F)[c]([Ti])c2F)cc1. The Balaban J connectivity index is 1.94. The van der Waals surface area contributed by atoms with E-state index in [0.717, 1.165) is 19.3 Å². The van der Waals surface area contributed by atoms with E-state index in [1.54, 1.807) is 6.07 Å². The fourth-order valence-electron chi connectivity index (χ4n) is 2.86. The average molecular weight is 349 g/mol. The van der Waals surface area contributed by atoms with E-state index >= 15 is 0 Å². The van der Waals surface area contributed by atoms with Gasteiger partial charge in [0.15, 0.2) is 0 Å². The van der Waals surface area contributed by atoms with Gasteiger partial charge < -0.3 is 0 Å². The molecule has 0 unspecified atom stereocenters. The van der Waals surface area contributed by atoms with Crippen molar-refractivity contribution in [3.63, 3.8) is 0 Å². The minimum atomic E-state index is -0.469. The van der Waals surface area contributed by atoms with E-state index in [2.05, 4.69) is 45.0 Å². The maximum absolute atomic E-state index is 14.2. The van der Waals surface area contributed by atoms with Gasteiger partial charge in [0.05, 0.1) is 0 Å². The molecule has 2 aromatic rings. The third-order valence-electron chi connectivity index (χ3n) is 4.28. The van der Waals surface area contributed by atoms with Gasteiger partial charge in [0, 0.05) is 0 Å². The summed E-state index contributed by atoms with van der Waals surface area (Å²) < 4.78 is 27.7. The van der Waals surface area contributed by atoms with Crippen LogP contribution >= 0.6 is 0 Å². The second-order valence-electron chi connectivity index (χ2n) is 7.08. The van der Waals surface area contributed by atoms with Crippen molar-refractivity contribution < 1.29 is 29.2 Å². The van der Waals surface area contributed by atoms with Gasteiger partial charge in [0.1, 0.15) is 0 Å². The van der Waals surface area contributed by atoms with Crippen LogP contribution in [-0.2, 0) is 33.3 Å². The first kappa shape index (κ1) is 18.4. The van der Waals surface area contributed by atoms with E-state index in [0.29, 0.717) is 12.0 Å². The van der Waals surface area contributed by atoms with Crippen LogP contribution in [0.2, 0.25) is 0 Å². The molecule has 0 saturated carbocycles. The van der Waals surface area contributed by atoms with Crippen molar-refractivity contribution >= 4 is 3.87 Å². The van der Waals surface area contributed by atoms with Crippen LogP contribution in [0.15, 0.2) is 36.4 Å². The zero-order chi connectivity index (χ0) is 17.0. The summed E-state index contributed by atoms with van der Waals surface area (Å²) in [5, 5.41) is 0. The summed E-state index contributed by atoms with van der Waals surface area (Å²) in [6.07, 6.45) is 3.75. The van der Waals surface area contributed by atoms with Crippen LogP contribution in [0.25, 0.3) is 0 Å². The predicted molar refractivity (Wildman–Crippen MR) is 87.6 cm³/mol. The van der Waals surface area contributed by atoms with Gasteiger partial charge in [-0.3, -0.25) is 0 Å². The third kappa shape index (κ3) is 5.26. The fourth-order valence-corrected chi connectivity index (χ4v) is 3.24. The molecule has 0 aliphatic carbocycles. The topological polar surface area (TPSA) is 0 Å². The molecule has 0 aliphatic heterocycles. The van der Waals surface area contributed by atoms with E-state index in [1.165, 1.54) is 37.6 Å². The van der Waals surface area contributed by atoms with Crippen molar-refractivity contribution in [2.75, 3.05) is 0 Å². The molecule has 0 fully saturated rings. The summed E-state index contributed by atoms with van der Waals surface area (Å²) in [4.78, 5) is 0. The van der Waals surface area contributed by atoms with E-state index in [1.807, 2.05) is 0 Å². The first-order valence-electron chi connectivity index (χ1n) is 8.02. The predicted octanol–water partition coefficient (Wildman–Crippen LogP) is 5.04. The summed E-state index contributed by atoms with van der Waals surface area (Å²) in [7, 11) is 0. The van der Waals surface area contributed by atoms with Crippen molar-refractivity contribution in [2.24, 2.45) is 5.41 Å². The molecule has 0 aliphatic rings. The molecule has 2 aromatic carbocycles. The minimum absolute atomic E-state index is 0.00416. The summed E-state index contributed by atoms with van der Waals surface area (Å²) in [6.45, 7) is 6.40. The van der Waals surface area contributed by atoms with Crippen LogP contribution in [0.1, 0.15) is 43.4 Å². The van der Waals surface area contributed by atoms with E-state index < -0.39 is 11.6 Å². The number of halogens is 2. The Morgan fingerprint density at radius 3 is 2.30 bits per heavy atom. The summed E-state index contributed by atoms with van der Waals surface area (Å²) in [6, 6.07) is 11.6. The third-order valence-corrected chi connectivity index (χ3v) is 5.00. The number of hydrogen-bond donors (Lipinski definition) is 0. The van der Waals surface area contributed by atoms with Crippen LogP contribution in [-0.4, -0.2) is 0 Å².